The van der Waals surface area contributed by atoms with E-state index in [1.807, 2.05) is 18.2 Å². The fourth-order valence-electron chi connectivity index (χ4n) is 1.58. The Morgan fingerprint density at radius 2 is 2.12 bits per heavy atom. The first-order valence-electron chi connectivity index (χ1n) is 5.45. The van der Waals surface area contributed by atoms with Crippen LogP contribution in [0.3, 0.4) is 0 Å². The third-order valence-corrected chi connectivity index (χ3v) is 3.28. The lowest BCUT2D eigenvalue weighted by atomic mass is 10.2. The van der Waals surface area contributed by atoms with Crippen LogP contribution in [-0.4, -0.2) is 27.1 Å². The molecule has 2 rings (SSSR count). The van der Waals surface area contributed by atoms with E-state index in [1.54, 1.807) is 7.11 Å². The summed E-state index contributed by atoms with van der Waals surface area (Å²) >= 11 is 2.23. The van der Waals surface area contributed by atoms with Gasteiger partial charge in [0.05, 0.1) is 16.8 Å². The maximum absolute atomic E-state index is 5.55. The molecule has 0 radical (unpaired) electrons. The average molecular weight is 350 g/mol. The van der Waals surface area contributed by atoms with Gasteiger partial charge >= 0.3 is 0 Å². The molecule has 17 heavy (non-hydrogen) atoms. The Morgan fingerprint density at radius 1 is 1.35 bits per heavy atom. The standard InChI is InChI=1S/C12H15IO4/c1-14-8-17-11-7-9(3-4-10(11)13)12-15-5-2-6-16-12/h3-4,7,12H,2,5-6,8H2,1H3. The SMILES string of the molecule is COCOc1cc(C2OCCCO2)ccc1I. The van der Waals surface area contributed by atoms with Crippen molar-refractivity contribution in [1.29, 1.82) is 0 Å². The summed E-state index contributed by atoms with van der Waals surface area (Å²) in [4.78, 5) is 0. The number of benzene rings is 1. The third kappa shape index (κ3) is 3.54. The quantitative estimate of drug-likeness (QED) is 0.618. The largest absolute Gasteiger partial charge is 0.466 e. The van der Waals surface area contributed by atoms with Gasteiger partial charge < -0.3 is 18.9 Å². The van der Waals surface area contributed by atoms with Gasteiger partial charge in [-0.2, -0.15) is 0 Å². The monoisotopic (exact) mass is 350 g/mol. The molecule has 0 spiro atoms. The Balaban J connectivity index is 2.11. The lowest BCUT2D eigenvalue weighted by Crippen LogP contribution is -2.17. The Bertz CT molecular complexity index is 364. The Kier molecular flexibility index (Phi) is 5.02. The van der Waals surface area contributed by atoms with E-state index in [-0.39, 0.29) is 13.1 Å². The molecule has 0 aromatic heterocycles. The lowest BCUT2D eigenvalue weighted by Gasteiger charge is -2.24. The van der Waals surface area contributed by atoms with Crippen LogP contribution in [0.25, 0.3) is 0 Å². The van der Waals surface area contributed by atoms with Gasteiger partial charge in [-0.05, 0) is 41.1 Å². The number of rotatable bonds is 4. The number of ether oxygens (including phenoxy) is 4. The summed E-state index contributed by atoms with van der Waals surface area (Å²) < 4.78 is 22.5. The fourth-order valence-corrected chi connectivity index (χ4v) is 2.07. The van der Waals surface area contributed by atoms with Crippen LogP contribution in [0.4, 0.5) is 0 Å². The zero-order valence-corrected chi connectivity index (χ0v) is 11.8. The summed E-state index contributed by atoms with van der Waals surface area (Å²) in [6, 6.07) is 5.93. The van der Waals surface area contributed by atoms with E-state index < -0.39 is 0 Å². The fraction of sp³-hybridized carbons (Fsp3) is 0.500. The van der Waals surface area contributed by atoms with Crippen molar-refractivity contribution in [3.63, 3.8) is 0 Å². The molecule has 94 valence electrons. The zero-order valence-electron chi connectivity index (χ0n) is 9.65. The Labute approximate surface area is 114 Å². The minimum Gasteiger partial charge on any atom is -0.466 e. The van der Waals surface area contributed by atoms with E-state index in [2.05, 4.69) is 22.6 Å². The predicted octanol–water partition coefficient (Wildman–Crippen LogP) is 2.71. The van der Waals surface area contributed by atoms with Gasteiger partial charge in [-0.1, -0.05) is 6.07 Å². The smallest absolute Gasteiger partial charge is 0.188 e. The van der Waals surface area contributed by atoms with Gasteiger partial charge in [0.1, 0.15) is 5.75 Å². The Morgan fingerprint density at radius 3 is 2.82 bits per heavy atom. The molecule has 1 saturated heterocycles. The second kappa shape index (κ2) is 6.53. The molecular weight excluding hydrogens is 335 g/mol. The van der Waals surface area contributed by atoms with Crippen LogP contribution in [-0.2, 0) is 14.2 Å². The van der Waals surface area contributed by atoms with Gasteiger partial charge in [0, 0.05) is 12.7 Å². The minimum atomic E-state index is -0.273. The summed E-state index contributed by atoms with van der Waals surface area (Å²) in [5.41, 5.74) is 0.983. The lowest BCUT2D eigenvalue weighted by molar-refractivity contribution is -0.183. The van der Waals surface area contributed by atoms with E-state index in [1.165, 1.54) is 0 Å². The number of methoxy groups -OCH3 is 1. The molecule has 0 atom stereocenters. The van der Waals surface area contributed by atoms with Crippen molar-refractivity contribution in [3.8, 4) is 5.75 Å². The number of hydrogen-bond donors (Lipinski definition) is 0. The number of halogens is 1. The van der Waals surface area contributed by atoms with Crippen molar-refractivity contribution in [2.45, 2.75) is 12.7 Å². The van der Waals surface area contributed by atoms with Gasteiger partial charge in [-0.15, -0.1) is 0 Å². The van der Waals surface area contributed by atoms with Gasteiger partial charge in [-0.3, -0.25) is 0 Å². The molecule has 0 unspecified atom stereocenters. The number of hydrogen-bond acceptors (Lipinski definition) is 4. The van der Waals surface area contributed by atoms with E-state index in [0.29, 0.717) is 0 Å². The molecule has 0 N–H and O–H groups in total. The summed E-state index contributed by atoms with van der Waals surface area (Å²) in [6.07, 6.45) is 0.680. The highest BCUT2D eigenvalue weighted by molar-refractivity contribution is 14.1. The Hall–Kier alpha value is -0.370. The second-order valence-corrected chi connectivity index (χ2v) is 4.83. The van der Waals surface area contributed by atoms with Gasteiger partial charge in [0.2, 0.25) is 0 Å². The molecular formula is C12H15IO4. The molecule has 1 fully saturated rings. The van der Waals surface area contributed by atoms with Gasteiger partial charge in [0.25, 0.3) is 0 Å². The van der Waals surface area contributed by atoms with Crippen LogP contribution in [0.5, 0.6) is 5.75 Å². The summed E-state index contributed by atoms with van der Waals surface area (Å²) in [7, 11) is 1.60. The molecule has 4 nitrogen and oxygen atoms in total. The summed E-state index contributed by atoms with van der Waals surface area (Å²) in [5, 5.41) is 0. The van der Waals surface area contributed by atoms with Crippen LogP contribution < -0.4 is 4.74 Å². The topological polar surface area (TPSA) is 36.9 Å². The molecule has 1 heterocycles. The van der Waals surface area contributed by atoms with E-state index in [9.17, 15) is 0 Å². The van der Waals surface area contributed by atoms with Crippen LogP contribution in [0, 0.1) is 3.57 Å². The van der Waals surface area contributed by atoms with Crippen molar-refractivity contribution in [3.05, 3.63) is 27.3 Å². The second-order valence-electron chi connectivity index (χ2n) is 3.67. The molecule has 0 bridgehead atoms. The average Bonchev–Trinajstić information content (AvgIpc) is 2.39. The van der Waals surface area contributed by atoms with Crippen LogP contribution >= 0.6 is 22.6 Å². The summed E-state index contributed by atoms with van der Waals surface area (Å²) in [6.45, 7) is 1.72. The molecule has 1 aliphatic heterocycles. The van der Waals surface area contributed by atoms with Crippen LogP contribution in [0.2, 0.25) is 0 Å². The molecule has 1 aromatic rings. The van der Waals surface area contributed by atoms with E-state index in [0.717, 1.165) is 34.5 Å². The molecule has 0 aliphatic carbocycles. The highest BCUT2D eigenvalue weighted by Crippen LogP contribution is 2.29. The van der Waals surface area contributed by atoms with Crippen LogP contribution in [0.1, 0.15) is 18.3 Å². The normalized spacial score (nSPS) is 17.1. The van der Waals surface area contributed by atoms with Crippen molar-refractivity contribution < 1.29 is 18.9 Å². The first-order chi connectivity index (χ1) is 8.31. The highest BCUT2D eigenvalue weighted by atomic mass is 127. The highest BCUT2D eigenvalue weighted by Gasteiger charge is 2.17. The van der Waals surface area contributed by atoms with Crippen molar-refractivity contribution >= 4 is 22.6 Å². The molecule has 0 saturated carbocycles. The molecule has 0 amide bonds. The molecule has 1 aliphatic rings. The van der Waals surface area contributed by atoms with Crippen molar-refractivity contribution in [2.24, 2.45) is 0 Å². The van der Waals surface area contributed by atoms with Crippen molar-refractivity contribution in [2.75, 3.05) is 27.1 Å². The van der Waals surface area contributed by atoms with E-state index in [4.69, 9.17) is 18.9 Å². The van der Waals surface area contributed by atoms with E-state index >= 15 is 0 Å². The first kappa shape index (κ1) is 13.1. The maximum Gasteiger partial charge on any atom is 0.188 e. The maximum atomic E-state index is 5.55. The molecule has 5 heteroatoms. The van der Waals surface area contributed by atoms with Crippen LogP contribution in [0.15, 0.2) is 18.2 Å². The van der Waals surface area contributed by atoms with Gasteiger partial charge in [0.15, 0.2) is 13.1 Å². The first-order valence-corrected chi connectivity index (χ1v) is 6.53. The molecule has 1 aromatic carbocycles. The minimum absolute atomic E-state index is 0.242. The van der Waals surface area contributed by atoms with Crippen molar-refractivity contribution in [1.82, 2.24) is 0 Å². The predicted molar refractivity (Wildman–Crippen MR) is 70.9 cm³/mol. The van der Waals surface area contributed by atoms with Gasteiger partial charge in [-0.25, -0.2) is 0 Å². The third-order valence-electron chi connectivity index (χ3n) is 2.39. The zero-order chi connectivity index (χ0) is 12.1. The summed E-state index contributed by atoms with van der Waals surface area (Å²) in [5.74, 6) is 0.794.